The molecule has 0 aliphatic rings. The first-order chi connectivity index (χ1) is 18.5. The molecule has 3 aromatic carbocycles. The topological polar surface area (TPSA) is 86.8 Å². The zero-order valence-electron chi connectivity index (χ0n) is 22.2. The first-order valence-electron chi connectivity index (χ1n) is 12.7. The molecule has 3 aromatic rings. The van der Waals surface area contributed by atoms with Crippen LogP contribution in [0.3, 0.4) is 0 Å². The van der Waals surface area contributed by atoms with Gasteiger partial charge in [-0.05, 0) is 60.4 Å². The van der Waals surface area contributed by atoms with Crippen molar-refractivity contribution in [3.05, 3.63) is 94.5 Å². The molecule has 0 fully saturated rings. The molecule has 3 rings (SSSR count). The van der Waals surface area contributed by atoms with Crippen molar-refractivity contribution in [1.29, 1.82) is 0 Å². The molecule has 0 saturated heterocycles. The molecule has 39 heavy (non-hydrogen) atoms. The van der Waals surface area contributed by atoms with Crippen LogP contribution in [0.1, 0.15) is 32.8 Å². The molecule has 0 aromatic heterocycles. The van der Waals surface area contributed by atoms with Gasteiger partial charge in [0.25, 0.3) is 10.0 Å². The molecule has 208 valence electrons. The van der Waals surface area contributed by atoms with E-state index in [0.29, 0.717) is 23.0 Å². The second-order valence-electron chi connectivity index (χ2n) is 9.52. The van der Waals surface area contributed by atoms with Crippen molar-refractivity contribution in [2.45, 2.75) is 44.7 Å². The third kappa shape index (κ3) is 8.21. The molecular weight excluding hydrogens is 557 g/mol. The molecule has 0 saturated carbocycles. The van der Waals surface area contributed by atoms with E-state index < -0.39 is 28.5 Å². The van der Waals surface area contributed by atoms with Gasteiger partial charge in [-0.1, -0.05) is 80.4 Å². The molecule has 0 aliphatic carbocycles. The monoisotopic (exact) mass is 589 g/mol. The fraction of sp³-hybridized carbons (Fsp3) is 0.310. The van der Waals surface area contributed by atoms with Gasteiger partial charge in [-0.15, -0.1) is 0 Å². The van der Waals surface area contributed by atoms with Crippen molar-refractivity contribution in [3.63, 3.8) is 0 Å². The van der Waals surface area contributed by atoms with Gasteiger partial charge in [0.05, 0.1) is 10.6 Å². The minimum atomic E-state index is -4.14. The summed E-state index contributed by atoms with van der Waals surface area (Å²) in [6, 6.07) is 20.3. The summed E-state index contributed by atoms with van der Waals surface area (Å²) in [6.07, 6.45) is 0.339. The highest BCUT2D eigenvalue weighted by molar-refractivity contribution is 7.92. The van der Waals surface area contributed by atoms with E-state index in [2.05, 4.69) is 5.32 Å². The van der Waals surface area contributed by atoms with E-state index in [1.54, 1.807) is 60.7 Å². The highest BCUT2D eigenvalue weighted by atomic mass is 35.5. The molecule has 7 nitrogen and oxygen atoms in total. The Bertz CT molecular complexity index is 1370. The molecule has 1 atom stereocenters. The van der Waals surface area contributed by atoms with E-state index in [-0.39, 0.29) is 29.0 Å². The van der Waals surface area contributed by atoms with Crippen molar-refractivity contribution < 1.29 is 18.0 Å². The van der Waals surface area contributed by atoms with Crippen LogP contribution in [0, 0.1) is 5.92 Å². The van der Waals surface area contributed by atoms with Gasteiger partial charge in [-0.2, -0.15) is 0 Å². The number of amides is 2. The molecule has 0 bridgehead atoms. The largest absolute Gasteiger partial charge is 0.354 e. The summed E-state index contributed by atoms with van der Waals surface area (Å²) in [4.78, 5) is 28.7. The Morgan fingerprint density at radius 3 is 2.15 bits per heavy atom. The summed E-state index contributed by atoms with van der Waals surface area (Å²) in [5.74, 6) is -0.606. The smallest absolute Gasteiger partial charge is 0.264 e. The van der Waals surface area contributed by atoms with Crippen molar-refractivity contribution in [2.75, 3.05) is 17.4 Å². The maximum Gasteiger partial charge on any atom is 0.264 e. The molecule has 0 radical (unpaired) electrons. The zero-order chi connectivity index (χ0) is 28.6. The Morgan fingerprint density at radius 2 is 1.56 bits per heavy atom. The maximum absolute atomic E-state index is 14.0. The molecule has 0 aliphatic heterocycles. The second kappa shape index (κ2) is 13.8. The zero-order valence-corrected chi connectivity index (χ0v) is 24.5. The van der Waals surface area contributed by atoms with E-state index in [0.717, 1.165) is 9.87 Å². The third-order valence-corrected chi connectivity index (χ3v) is 8.32. The van der Waals surface area contributed by atoms with E-state index in [1.165, 1.54) is 23.1 Å². The van der Waals surface area contributed by atoms with Crippen LogP contribution < -0.4 is 9.62 Å². The first kappa shape index (κ1) is 30.5. The summed E-state index contributed by atoms with van der Waals surface area (Å²) in [5.41, 5.74) is 0.992. The van der Waals surface area contributed by atoms with Gasteiger partial charge in [-0.3, -0.25) is 13.9 Å². The van der Waals surface area contributed by atoms with Crippen LogP contribution in [-0.2, 0) is 26.2 Å². The number of nitrogens with zero attached hydrogens (tertiary/aromatic N) is 2. The SMILES string of the molecule is CC[C@H](C(=O)NCC(C)C)N(Cc1ccc(Cl)cc1)C(=O)CN(c1cccc(Cl)c1)S(=O)(=O)c1ccccc1. The Morgan fingerprint density at radius 1 is 0.897 bits per heavy atom. The van der Waals surface area contributed by atoms with Crippen LogP contribution in [0.2, 0.25) is 10.0 Å². The Hall–Kier alpha value is -3.07. The summed E-state index contributed by atoms with van der Waals surface area (Å²) < 4.78 is 28.6. The predicted molar refractivity (Wildman–Crippen MR) is 156 cm³/mol. The first-order valence-corrected chi connectivity index (χ1v) is 14.9. The van der Waals surface area contributed by atoms with Crippen LogP contribution in [0.4, 0.5) is 5.69 Å². The molecule has 2 amide bonds. The second-order valence-corrected chi connectivity index (χ2v) is 12.3. The quantitative estimate of drug-likeness (QED) is 0.290. The lowest BCUT2D eigenvalue weighted by molar-refractivity contribution is -0.140. The number of hydrogen-bond donors (Lipinski definition) is 1. The van der Waals surface area contributed by atoms with Crippen LogP contribution in [0.15, 0.2) is 83.8 Å². The van der Waals surface area contributed by atoms with Gasteiger partial charge in [0.1, 0.15) is 12.6 Å². The molecule has 0 spiro atoms. The minimum absolute atomic E-state index is 0.0312. The number of nitrogens with one attached hydrogen (secondary N) is 1. The molecule has 10 heteroatoms. The lowest BCUT2D eigenvalue weighted by atomic mass is 10.1. The van der Waals surface area contributed by atoms with E-state index in [1.807, 2.05) is 20.8 Å². The van der Waals surface area contributed by atoms with Gasteiger partial charge in [0, 0.05) is 23.1 Å². The summed E-state index contributed by atoms with van der Waals surface area (Å²) >= 11 is 12.2. The van der Waals surface area contributed by atoms with Gasteiger partial charge >= 0.3 is 0 Å². The highest BCUT2D eigenvalue weighted by Crippen LogP contribution is 2.27. The maximum atomic E-state index is 14.0. The summed E-state index contributed by atoms with van der Waals surface area (Å²) in [6.45, 7) is 5.80. The highest BCUT2D eigenvalue weighted by Gasteiger charge is 2.33. The van der Waals surface area contributed by atoms with Gasteiger partial charge in [0.2, 0.25) is 11.8 Å². The number of carbonyl (C=O) groups is 2. The fourth-order valence-corrected chi connectivity index (χ4v) is 5.75. The third-order valence-electron chi connectivity index (χ3n) is 6.04. The lowest BCUT2D eigenvalue weighted by Crippen LogP contribution is -2.52. The van der Waals surface area contributed by atoms with Crippen molar-refractivity contribution in [3.8, 4) is 0 Å². The average molecular weight is 591 g/mol. The van der Waals surface area contributed by atoms with Crippen LogP contribution in [-0.4, -0.2) is 44.3 Å². The van der Waals surface area contributed by atoms with Crippen LogP contribution in [0.25, 0.3) is 0 Å². The fourth-order valence-electron chi connectivity index (χ4n) is 4.01. The van der Waals surface area contributed by atoms with Gasteiger partial charge < -0.3 is 10.2 Å². The number of rotatable bonds is 12. The van der Waals surface area contributed by atoms with Crippen molar-refractivity contribution in [2.24, 2.45) is 5.92 Å². The molecule has 0 unspecified atom stereocenters. The van der Waals surface area contributed by atoms with E-state index in [4.69, 9.17) is 23.2 Å². The Balaban J connectivity index is 2.03. The summed E-state index contributed by atoms with van der Waals surface area (Å²) in [7, 11) is -4.14. The number of benzene rings is 3. The number of hydrogen-bond acceptors (Lipinski definition) is 4. The van der Waals surface area contributed by atoms with Crippen molar-refractivity contribution in [1.82, 2.24) is 10.2 Å². The predicted octanol–water partition coefficient (Wildman–Crippen LogP) is 5.77. The number of anilines is 1. The normalized spacial score (nSPS) is 12.2. The van der Waals surface area contributed by atoms with Gasteiger partial charge in [0.15, 0.2) is 0 Å². The van der Waals surface area contributed by atoms with Crippen LogP contribution in [0.5, 0.6) is 0 Å². The minimum Gasteiger partial charge on any atom is -0.354 e. The number of sulfonamides is 1. The standard InChI is InChI=1S/C29H33Cl2N3O4S/c1-4-27(29(36)32-18-21(2)3)33(19-22-13-15-23(30)16-14-22)28(35)20-34(25-10-8-9-24(31)17-25)39(37,38)26-11-6-5-7-12-26/h5-17,21,27H,4,18-20H2,1-3H3,(H,32,36)/t27-/m1/s1. The van der Waals surface area contributed by atoms with Gasteiger partial charge in [-0.25, -0.2) is 8.42 Å². The lowest BCUT2D eigenvalue weighted by Gasteiger charge is -2.33. The number of carbonyl (C=O) groups excluding carboxylic acids is 2. The Labute approximate surface area is 240 Å². The number of halogens is 2. The molecule has 1 N–H and O–H groups in total. The van der Waals surface area contributed by atoms with E-state index in [9.17, 15) is 18.0 Å². The van der Waals surface area contributed by atoms with E-state index >= 15 is 0 Å². The molecule has 0 heterocycles. The molecular formula is C29H33Cl2N3O4S. The Kier molecular flexibility index (Phi) is 10.8. The summed E-state index contributed by atoms with van der Waals surface area (Å²) in [5, 5.41) is 3.77. The van der Waals surface area contributed by atoms with Crippen LogP contribution >= 0.6 is 23.2 Å². The average Bonchev–Trinajstić information content (AvgIpc) is 2.91. The van der Waals surface area contributed by atoms with Crippen molar-refractivity contribution >= 4 is 50.7 Å².